The molecule has 0 aromatic heterocycles. The van der Waals surface area contributed by atoms with Crippen LogP contribution in [0.4, 0.5) is 0 Å². The van der Waals surface area contributed by atoms with Gasteiger partial charge in [0.1, 0.15) is 12.1 Å². The molecule has 1 saturated heterocycles. The SMILES string of the molecule is CCC1NC(=O)C(C2CCCCC2)N(C(C)CC)C1=O. The van der Waals surface area contributed by atoms with Crippen LogP contribution in [-0.4, -0.2) is 34.8 Å². The molecule has 0 bridgehead atoms. The fraction of sp³-hybridized carbons (Fsp3) is 0.875. The van der Waals surface area contributed by atoms with Gasteiger partial charge < -0.3 is 10.2 Å². The van der Waals surface area contributed by atoms with Gasteiger partial charge in [0.15, 0.2) is 0 Å². The average molecular weight is 280 g/mol. The van der Waals surface area contributed by atoms with Gasteiger partial charge >= 0.3 is 0 Å². The van der Waals surface area contributed by atoms with Crippen LogP contribution < -0.4 is 5.32 Å². The highest BCUT2D eigenvalue weighted by atomic mass is 16.2. The lowest BCUT2D eigenvalue weighted by molar-refractivity contribution is -0.155. The van der Waals surface area contributed by atoms with Gasteiger partial charge in [0.05, 0.1) is 0 Å². The van der Waals surface area contributed by atoms with Gasteiger partial charge in [-0.05, 0) is 38.5 Å². The van der Waals surface area contributed by atoms with Crippen molar-refractivity contribution >= 4 is 11.8 Å². The monoisotopic (exact) mass is 280 g/mol. The Hall–Kier alpha value is -1.06. The summed E-state index contributed by atoms with van der Waals surface area (Å²) in [6, 6.07) is -0.411. The number of carbonyl (C=O) groups is 2. The highest BCUT2D eigenvalue weighted by Gasteiger charge is 2.45. The Morgan fingerprint density at radius 3 is 2.40 bits per heavy atom. The van der Waals surface area contributed by atoms with Crippen molar-refractivity contribution in [3.8, 4) is 0 Å². The highest BCUT2D eigenvalue weighted by molar-refractivity contribution is 5.97. The van der Waals surface area contributed by atoms with Crippen molar-refractivity contribution in [1.29, 1.82) is 0 Å². The topological polar surface area (TPSA) is 49.4 Å². The van der Waals surface area contributed by atoms with E-state index >= 15 is 0 Å². The molecule has 20 heavy (non-hydrogen) atoms. The third-order valence-electron chi connectivity index (χ3n) is 5.01. The van der Waals surface area contributed by atoms with Crippen LogP contribution in [0, 0.1) is 5.92 Å². The van der Waals surface area contributed by atoms with Gasteiger partial charge in [-0.25, -0.2) is 0 Å². The summed E-state index contributed by atoms with van der Waals surface area (Å²) in [5, 5.41) is 2.94. The van der Waals surface area contributed by atoms with Crippen LogP contribution >= 0.6 is 0 Å². The second-order valence-corrected chi connectivity index (χ2v) is 6.32. The van der Waals surface area contributed by atoms with E-state index < -0.39 is 0 Å². The van der Waals surface area contributed by atoms with Crippen molar-refractivity contribution < 1.29 is 9.59 Å². The third kappa shape index (κ3) is 2.84. The minimum atomic E-state index is -0.323. The van der Waals surface area contributed by atoms with E-state index in [2.05, 4.69) is 19.2 Å². The number of piperazine rings is 1. The minimum absolute atomic E-state index is 0.0728. The molecule has 3 unspecified atom stereocenters. The van der Waals surface area contributed by atoms with Crippen molar-refractivity contribution in [3.05, 3.63) is 0 Å². The van der Waals surface area contributed by atoms with Gasteiger partial charge in [0, 0.05) is 6.04 Å². The van der Waals surface area contributed by atoms with Crippen molar-refractivity contribution in [2.24, 2.45) is 5.92 Å². The Morgan fingerprint density at radius 2 is 1.85 bits per heavy atom. The molecular weight excluding hydrogens is 252 g/mol. The maximum atomic E-state index is 12.7. The molecule has 1 heterocycles. The molecule has 2 aliphatic rings. The Kier molecular flexibility index (Phi) is 5.06. The van der Waals surface area contributed by atoms with Crippen LogP contribution in [0.15, 0.2) is 0 Å². The molecule has 1 aliphatic heterocycles. The smallest absolute Gasteiger partial charge is 0.246 e. The molecule has 0 spiro atoms. The highest BCUT2D eigenvalue weighted by Crippen LogP contribution is 2.32. The molecule has 114 valence electrons. The van der Waals surface area contributed by atoms with E-state index in [0.717, 1.165) is 19.3 Å². The second-order valence-electron chi connectivity index (χ2n) is 6.32. The molecular formula is C16H28N2O2. The van der Waals surface area contributed by atoms with Gasteiger partial charge in [-0.15, -0.1) is 0 Å². The Balaban J connectivity index is 2.25. The summed E-state index contributed by atoms with van der Waals surface area (Å²) < 4.78 is 0. The van der Waals surface area contributed by atoms with Crippen LogP contribution in [0.25, 0.3) is 0 Å². The van der Waals surface area contributed by atoms with Crippen molar-refractivity contribution in [3.63, 3.8) is 0 Å². The summed E-state index contributed by atoms with van der Waals surface area (Å²) in [7, 11) is 0. The molecule has 4 nitrogen and oxygen atoms in total. The number of nitrogens with zero attached hydrogens (tertiary/aromatic N) is 1. The minimum Gasteiger partial charge on any atom is -0.343 e. The molecule has 4 heteroatoms. The number of rotatable bonds is 4. The van der Waals surface area contributed by atoms with Crippen molar-refractivity contribution in [1.82, 2.24) is 10.2 Å². The van der Waals surface area contributed by atoms with E-state index in [4.69, 9.17) is 0 Å². The zero-order valence-corrected chi connectivity index (χ0v) is 13.0. The molecule has 2 fully saturated rings. The Bertz CT molecular complexity index is 363. The van der Waals surface area contributed by atoms with Gasteiger partial charge in [-0.2, -0.15) is 0 Å². The van der Waals surface area contributed by atoms with Crippen LogP contribution in [0.3, 0.4) is 0 Å². The average Bonchev–Trinajstić information content (AvgIpc) is 2.48. The lowest BCUT2D eigenvalue weighted by atomic mass is 9.81. The number of amides is 2. The Morgan fingerprint density at radius 1 is 1.20 bits per heavy atom. The lowest BCUT2D eigenvalue weighted by Crippen LogP contribution is -2.67. The zero-order valence-electron chi connectivity index (χ0n) is 13.0. The van der Waals surface area contributed by atoms with Crippen molar-refractivity contribution in [2.75, 3.05) is 0 Å². The molecule has 3 atom stereocenters. The largest absolute Gasteiger partial charge is 0.343 e. The van der Waals surface area contributed by atoms with Gasteiger partial charge in [-0.1, -0.05) is 33.1 Å². The molecule has 2 amide bonds. The summed E-state index contributed by atoms with van der Waals surface area (Å²) >= 11 is 0. The fourth-order valence-corrected chi connectivity index (χ4v) is 3.62. The number of hydrogen-bond acceptors (Lipinski definition) is 2. The summed E-state index contributed by atoms with van der Waals surface area (Å²) in [6.45, 7) is 6.11. The molecule has 0 aromatic rings. The maximum absolute atomic E-state index is 12.7. The van der Waals surface area contributed by atoms with E-state index in [1.807, 2.05) is 11.8 Å². The molecule has 2 rings (SSSR count). The van der Waals surface area contributed by atoms with Gasteiger partial charge in [0.2, 0.25) is 11.8 Å². The van der Waals surface area contributed by atoms with Gasteiger partial charge in [0.25, 0.3) is 0 Å². The van der Waals surface area contributed by atoms with E-state index in [-0.39, 0.29) is 29.9 Å². The van der Waals surface area contributed by atoms with Crippen molar-refractivity contribution in [2.45, 2.75) is 83.8 Å². The van der Waals surface area contributed by atoms with Crippen LogP contribution in [0.1, 0.15) is 65.7 Å². The first-order valence-electron chi connectivity index (χ1n) is 8.22. The first kappa shape index (κ1) is 15.3. The molecule has 1 N–H and O–H groups in total. The number of nitrogens with one attached hydrogen (secondary N) is 1. The second kappa shape index (κ2) is 6.59. The first-order valence-corrected chi connectivity index (χ1v) is 8.22. The molecule has 1 saturated carbocycles. The predicted octanol–water partition coefficient (Wildman–Crippen LogP) is 2.47. The number of carbonyl (C=O) groups excluding carboxylic acids is 2. The van der Waals surface area contributed by atoms with Crippen LogP contribution in [0.2, 0.25) is 0 Å². The predicted molar refractivity (Wildman–Crippen MR) is 79.2 cm³/mol. The lowest BCUT2D eigenvalue weighted by Gasteiger charge is -2.46. The standard InChI is InChI=1S/C16H28N2O2/c1-4-11(3)18-14(12-9-7-6-8-10-12)15(19)17-13(5-2)16(18)20/h11-14H,4-10H2,1-3H3,(H,17,19). The van der Waals surface area contributed by atoms with E-state index in [1.54, 1.807) is 0 Å². The summed E-state index contributed by atoms with van der Waals surface area (Å²) in [4.78, 5) is 27.1. The van der Waals surface area contributed by atoms with E-state index in [0.29, 0.717) is 12.3 Å². The fourth-order valence-electron chi connectivity index (χ4n) is 3.62. The molecule has 0 aromatic carbocycles. The van der Waals surface area contributed by atoms with Gasteiger partial charge in [-0.3, -0.25) is 9.59 Å². The first-order chi connectivity index (χ1) is 9.60. The summed E-state index contributed by atoms with van der Waals surface area (Å²) in [6.07, 6.45) is 7.37. The van der Waals surface area contributed by atoms with E-state index in [1.165, 1.54) is 19.3 Å². The summed E-state index contributed by atoms with van der Waals surface area (Å²) in [5.41, 5.74) is 0. The summed E-state index contributed by atoms with van der Waals surface area (Å²) in [5.74, 6) is 0.542. The molecule has 0 radical (unpaired) electrons. The Labute approximate surface area is 122 Å². The maximum Gasteiger partial charge on any atom is 0.246 e. The van der Waals surface area contributed by atoms with Crippen LogP contribution in [-0.2, 0) is 9.59 Å². The van der Waals surface area contributed by atoms with Crippen LogP contribution in [0.5, 0.6) is 0 Å². The zero-order chi connectivity index (χ0) is 14.7. The number of hydrogen-bond donors (Lipinski definition) is 1. The quantitative estimate of drug-likeness (QED) is 0.860. The normalized spacial score (nSPS) is 30.2. The third-order valence-corrected chi connectivity index (χ3v) is 5.01. The molecule has 1 aliphatic carbocycles. The van der Waals surface area contributed by atoms with E-state index in [9.17, 15) is 9.59 Å².